The summed E-state index contributed by atoms with van der Waals surface area (Å²) in [6.07, 6.45) is 2.47. The Labute approximate surface area is 143 Å². The third-order valence-electron chi connectivity index (χ3n) is 3.69. The minimum atomic E-state index is -0.605. The zero-order valence-electron chi connectivity index (χ0n) is 13.7. The molecule has 3 rings (SSSR count). The summed E-state index contributed by atoms with van der Waals surface area (Å²) < 4.78 is 3.12. The number of carbonyl (C=O) groups excluding carboxylic acids is 1. The van der Waals surface area contributed by atoms with Gasteiger partial charge in [-0.15, -0.1) is 0 Å². The van der Waals surface area contributed by atoms with Crippen LogP contribution in [-0.4, -0.2) is 30.2 Å². The average molecular weight is 340 g/mol. The average Bonchev–Trinajstić information content (AvgIpc) is 3.16. The maximum absolute atomic E-state index is 12.2. The van der Waals surface area contributed by atoms with Crippen molar-refractivity contribution in [2.45, 2.75) is 20.4 Å². The smallest absolute Gasteiger partial charge is 0.358 e. The first-order valence-corrected chi connectivity index (χ1v) is 7.53. The molecular weight excluding hydrogens is 324 g/mol. The van der Waals surface area contributed by atoms with Crippen molar-refractivity contribution >= 4 is 17.4 Å². The van der Waals surface area contributed by atoms with Gasteiger partial charge in [0, 0.05) is 0 Å². The second-order valence-corrected chi connectivity index (χ2v) is 5.50. The summed E-state index contributed by atoms with van der Waals surface area (Å²) in [4.78, 5) is 25.9. The van der Waals surface area contributed by atoms with E-state index in [1.807, 2.05) is 44.2 Å². The van der Waals surface area contributed by atoms with Crippen LogP contribution in [0, 0.1) is 24.0 Å². The van der Waals surface area contributed by atoms with E-state index in [9.17, 15) is 14.9 Å². The maximum atomic E-state index is 12.2. The van der Waals surface area contributed by atoms with Crippen LogP contribution in [0.3, 0.4) is 0 Å². The highest BCUT2D eigenvalue weighted by Gasteiger charge is 2.17. The quantitative estimate of drug-likeness (QED) is 0.566. The highest BCUT2D eigenvalue weighted by atomic mass is 16.6. The Hall–Kier alpha value is -3.49. The van der Waals surface area contributed by atoms with Gasteiger partial charge in [0.05, 0.1) is 22.8 Å². The van der Waals surface area contributed by atoms with Crippen molar-refractivity contribution in [3.63, 3.8) is 0 Å². The van der Waals surface area contributed by atoms with E-state index in [0.29, 0.717) is 11.4 Å². The van der Waals surface area contributed by atoms with Gasteiger partial charge in [-0.25, -0.2) is 4.68 Å². The van der Waals surface area contributed by atoms with Gasteiger partial charge in [-0.3, -0.25) is 4.79 Å². The standard InChI is InChI=1S/C16H16N6O3/c1-11-16(12(2)21(19-11)13-6-4-3-5-7-13)18-15(23)9-20-8-14(17-10-20)22(24)25/h3-8,10H,9H2,1-2H3,(H,18,23). The van der Waals surface area contributed by atoms with Crippen LogP contribution in [0.5, 0.6) is 0 Å². The lowest BCUT2D eigenvalue weighted by Gasteiger charge is -2.07. The largest absolute Gasteiger partial charge is 0.381 e. The van der Waals surface area contributed by atoms with E-state index in [-0.39, 0.29) is 18.3 Å². The second kappa shape index (κ2) is 6.56. The first-order chi connectivity index (χ1) is 12.0. The molecule has 128 valence electrons. The molecule has 0 fully saturated rings. The zero-order chi connectivity index (χ0) is 18.0. The molecule has 0 aliphatic carbocycles. The highest BCUT2D eigenvalue weighted by Crippen LogP contribution is 2.22. The number of hydrogen-bond donors (Lipinski definition) is 1. The molecular formula is C16H16N6O3. The minimum absolute atomic E-state index is 0.0732. The van der Waals surface area contributed by atoms with E-state index in [2.05, 4.69) is 15.4 Å². The third-order valence-corrected chi connectivity index (χ3v) is 3.69. The Bertz CT molecular complexity index is 929. The maximum Gasteiger partial charge on any atom is 0.381 e. The van der Waals surface area contributed by atoms with Gasteiger partial charge >= 0.3 is 5.82 Å². The summed E-state index contributed by atoms with van der Waals surface area (Å²) in [6, 6.07) is 9.60. The fourth-order valence-corrected chi connectivity index (χ4v) is 2.52. The lowest BCUT2D eigenvalue weighted by molar-refractivity contribution is -0.389. The number of nitrogens with one attached hydrogen (secondary N) is 1. The monoisotopic (exact) mass is 340 g/mol. The molecule has 0 saturated heterocycles. The predicted molar refractivity (Wildman–Crippen MR) is 90.5 cm³/mol. The van der Waals surface area contributed by atoms with Crippen molar-refractivity contribution < 1.29 is 9.72 Å². The van der Waals surface area contributed by atoms with E-state index in [1.165, 1.54) is 17.1 Å². The van der Waals surface area contributed by atoms with Crippen LogP contribution in [0.15, 0.2) is 42.9 Å². The van der Waals surface area contributed by atoms with Crippen LogP contribution < -0.4 is 5.32 Å². The van der Waals surface area contributed by atoms with Gasteiger partial charge in [0.1, 0.15) is 12.7 Å². The minimum Gasteiger partial charge on any atom is -0.358 e. The van der Waals surface area contributed by atoms with Crippen molar-refractivity contribution in [1.82, 2.24) is 19.3 Å². The second-order valence-electron chi connectivity index (χ2n) is 5.50. The Morgan fingerprint density at radius 2 is 2.00 bits per heavy atom. The molecule has 2 heterocycles. The molecule has 0 aliphatic rings. The van der Waals surface area contributed by atoms with Gasteiger partial charge < -0.3 is 20.0 Å². The van der Waals surface area contributed by atoms with Crippen molar-refractivity contribution in [3.8, 4) is 5.69 Å². The number of para-hydroxylation sites is 1. The van der Waals surface area contributed by atoms with Crippen LogP contribution in [0.1, 0.15) is 11.4 Å². The molecule has 1 aromatic carbocycles. The zero-order valence-corrected chi connectivity index (χ0v) is 13.7. The molecule has 0 spiro atoms. The molecule has 9 nitrogen and oxygen atoms in total. The fraction of sp³-hybridized carbons (Fsp3) is 0.188. The molecule has 0 bridgehead atoms. The number of nitrogens with zero attached hydrogens (tertiary/aromatic N) is 5. The van der Waals surface area contributed by atoms with Gasteiger partial charge in [-0.05, 0) is 35.9 Å². The molecule has 0 radical (unpaired) electrons. The van der Waals surface area contributed by atoms with Crippen LogP contribution in [0.2, 0.25) is 0 Å². The van der Waals surface area contributed by atoms with E-state index in [4.69, 9.17) is 0 Å². The van der Waals surface area contributed by atoms with E-state index in [0.717, 1.165) is 11.4 Å². The Kier molecular flexibility index (Phi) is 4.29. The van der Waals surface area contributed by atoms with E-state index in [1.54, 1.807) is 4.68 Å². The molecule has 0 atom stereocenters. The molecule has 1 N–H and O–H groups in total. The van der Waals surface area contributed by atoms with Crippen LogP contribution in [0.25, 0.3) is 5.69 Å². The number of aromatic nitrogens is 4. The number of nitro groups is 1. The molecule has 25 heavy (non-hydrogen) atoms. The molecule has 0 unspecified atom stereocenters. The number of hydrogen-bond acceptors (Lipinski definition) is 5. The first-order valence-electron chi connectivity index (χ1n) is 7.53. The lowest BCUT2D eigenvalue weighted by atomic mass is 10.3. The fourth-order valence-electron chi connectivity index (χ4n) is 2.52. The first kappa shape index (κ1) is 16.4. The number of rotatable bonds is 5. The number of carbonyl (C=O) groups is 1. The van der Waals surface area contributed by atoms with Crippen LogP contribution in [-0.2, 0) is 11.3 Å². The van der Waals surface area contributed by atoms with Crippen LogP contribution in [0.4, 0.5) is 11.5 Å². The summed E-state index contributed by atoms with van der Waals surface area (Å²) in [5, 5.41) is 17.9. The number of imidazole rings is 1. The molecule has 0 saturated carbocycles. The van der Waals surface area contributed by atoms with Gasteiger partial charge in [-0.2, -0.15) is 5.10 Å². The number of amides is 1. The van der Waals surface area contributed by atoms with Crippen molar-refractivity contribution in [1.29, 1.82) is 0 Å². The van der Waals surface area contributed by atoms with Crippen molar-refractivity contribution in [2.75, 3.05) is 5.32 Å². The third kappa shape index (κ3) is 3.39. The van der Waals surface area contributed by atoms with Gasteiger partial charge in [-0.1, -0.05) is 18.2 Å². The highest BCUT2D eigenvalue weighted by molar-refractivity contribution is 5.91. The van der Waals surface area contributed by atoms with E-state index < -0.39 is 4.92 Å². The Balaban J connectivity index is 1.77. The van der Waals surface area contributed by atoms with Gasteiger partial charge in [0.2, 0.25) is 12.2 Å². The summed E-state index contributed by atoms with van der Waals surface area (Å²) in [5.74, 6) is -0.608. The van der Waals surface area contributed by atoms with Crippen LogP contribution >= 0.6 is 0 Å². The molecule has 9 heteroatoms. The van der Waals surface area contributed by atoms with Crippen molar-refractivity contribution in [3.05, 3.63) is 64.4 Å². The van der Waals surface area contributed by atoms with Gasteiger partial charge in [0.15, 0.2) is 0 Å². The molecule has 3 aromatic rings. The summed E-state index contributed by atoms with van der Waals surface area (Å²) in [6.45, 7) is 3.60. The van der Waals surface area contributed by atoms with Crippen molar-refractivity contribution in [2.24, 2.45) is 0 Å². The Morgan fingerprint density at radius 3 is 2.64 bits per heavy atom. The lowest BCUT2D eigenvalue weighted by Crippen LogP contribution is -2.18. The number of benzene rings is 1. The summed E-state index contributed by atoms with van der Waals surface area (Å²) in [7, 11) is 0. The number of anilines is 1. The van der Waals surface area contributed by atoms with Gasteiger partial charge in [0.25, 0.3) is 0 Å². The number of aryl methyl sites for hydroxylation is 1. The topological polar surface area (TPSA) is 108 Å². The Morgan fingerprint density at radius 1 is 1.28 bits per heavy atom. The van der Waals surface area contributed by atoms with E-state index >= 15 is 0 Å². The summed E-state index contributed by atoms with van der Waals surface area (Å²) >= 11 is 0. The molecule has 0 aliphatic heterocycles. The normalized spacial score (nSPS) is 10.6. The molecule has 2 aromatic heterocycles. The molecule has 1 amide bonds. The SMILES string of the molecule is Cc1nn(-c2ccccc2)c(C)c1NC(=O)Cn1cnc([N+](=O)[O-])c1. The summed E-state index contributed by atoms with van der Waals surface area (Å²) in [5.41, 5.74) is 3.01. The predicted octanol–water partition coefficient (Wildman–Crippen LogP) is 2.23.